The van der Waals surface area contributed by atoms with Crippen molar-refractivity contribution in [2.75, 3.05) is 6.54 Å². The van der Waals surface area contributed by atoms with Crippen LogP contribution >= 0.6 is 15.9 Å². The lowest BCUT2D eigenvalue weighted by atomic mass is 10.0. The van der Waals surface area contributed by atoms with Gasteiger partial charge in [-0.2, -0.15) is 0 Å². The van der Waals surface area contributed by atoms with Gasteiger partial charge in [-0.3, -0.25) is 0 Å². The van der Waals surface area contributed by atoms with E-state index < -0.39 is 0 Å². The number of nitrogens with one attached hydrogen (secondary N) is 1. The number of aromatic nitrogens is 3. The van der Waals surface area contributed by atoms with E-state index in [9.17, 15) is 0 Å². The molecule has 1 heterocycles. The highest BCUT2D eigenvalue weighted by atomic mass is 79.9. The number of hydrogen-bond donors (Lipinski definition) is 1. The first-order chi connectivity index (χ1) is 8.74. The van der Waals surface area contributed by atoms with Crippen molar-refractivity contribution >= 4 is 15.9 Å². The second kappa shape index (κ2) is 6.11. The Hall–Kier alpha value is -1.20. The maximum Gasteiger partial charge on any atom is 0.153 e. The highest BCUT2D eigenvalue weighted by Gasteiger charge is 2.20. The first kappa shape index (κ1) is 13.2. The molecule has 2 aromatic rings. The molecular weight excluding hydrogens is 292 g/mol. The average molecular weight is 309 g/mol. The molecule has 18 heavy (non-hydrogen) atoms. The number of benzene rings is 1. The second-order valence-electron chi connectivity index (χ2n) is 4.19. The zero-order valence-corrected chi connectivity index (χ0v) is 12.2. The van der Waals surface area contributed by atoms with E-state index in [1.54, 1.807) is 0 Å². The van der Waals surface area contributed by atoms with Crippen molar-refractivity contribution in [2.24, 2.45) is 7.05 Å². The molecule has 0 saturated carbocycles. The molecule has 1 aromatic heterocycles. The molecule has 5 heteroatoms. The van der Waals surface area contributed by atoms with Crippen LogP contribution in [0.4, 0.5) is 0 Å². The van der Waals surface area contributed by atoms with Crippen LogP contribution in [0.25, 0.3) is 0 Å². The van der Waals surface area contributed by atoms with Crippen molar-refractivity contribution in [3.05, 3.63) is 46.2 Å². The zero-order valence-electron chi connectivity index (χ0n) is 10.6. The number of nitrogens with zero attached hydrogens (tertiary/aromatic N) is 3. The van der Waals surface area contributed by atoms with E-state index >= 15 is 0 Å². The molecule has 0 aliphatic rings. The normalized spacial score (nSPS) is 12.6. The summed E-state index contributed by atoms with van der Waals surface area (Å²) in [4.78, 5) is 0. The molecule has 2 rings (SSSR count). The van der Waals surface area contributed by atoms with E-state index in [0.29, 0.717) is 0 Å². The summed E-state index contributed by atoms with van der Waals surface area (Å²) < 4.78 is 2.60. The van der Waals surface area contributed by atoms with Gasteiger partial charge in [0.05, 0.1) is 11.7 Å². The van der Waals surface area contributed by atoms with Gasteiger partial charge in [0.1, 0.15) is 0 Å². The zero-order chi connectivity index (χ0) is 13.0. The van der Waals surface area contributed by atoms with Crippen LogP contribution in [0.2, 0.25) is 0 Å². The summed E-state index contributed by atoms with van der Waals surface area (Å²) in [5.74, 6) is 0. The van der Waals surface area contributed by atoms with Crippen LogP contribution < -0.4 is 5.32 Å². The van der Waals surface area contributed by atoms with Gasteiger partial charge in [0, 0.05) is 7.05 Å². The Kier molecular flexibility index (Phi) is 4.49. The maximum atomic E-state index is 4.06. The van der Waals surface area contributed by atoms with Gasteiger partial charge < -0.3 is 5.32 Å². The molecule has 0 fully saturated rings. The molecule has 96 valence electrons. The number of hydrogen-bond acceptors (Lipinski definition) is 3. The summed E-state index contributed by atoms with van der Waals surface area (Å²) in [6.45, 7) is 3.11. The van der Waals surface area contributed by atoms with Crippen LogP contribution in [0.5, 0.6) is 0 Å². The third-order valence-corrected chi connectivity index (χ3v) is 3.40. The Labute approximate surface area is 116 Å². The van der Waals surface area contributed by atoms with Gasteiger partial charge in [0.2, 0.25) is 0 Å². The van der Waals surface area contributed by atoms with Crippen molar-refractivity contribution in [2.45, 2.75) is 19.4 Å². The van der Waals surface area contributed by atoms with E-state index in [1.807, 2.05) is 29.9 Å². The van der Waals surface area contributed by atoms with E-state index in [1.165, 1.54) is 5.56 Å². The molecule has 1 atom stereocenters. The van der Waals surface area contributed by atoms with Gasteiger partial charge in [0.15, 0.2) is 4.60 Å². The average Bonchev–Trinajstić information content (AvgIpc) is 2.72. The molecule has 0 radical (unpaired) electrons. The van der Waals surface area contributed by atoms with Gasteiger partial charge in [-0.15, -0.1) is 5.10 Å². The molecule has 0 bridgehead atoms. The van der Waals surface area contributed by atoms with Gasteiger partial charge in [-0.25, -0.2) is 4.68 Å². The molecule has 1 N–H and O–H groups in total. The number of halogens is 1. The van der Waals surface area contributed by atoms with Gasteiger partial charge in [-0.1, -0.05) is 42.5 Å². The van der Waals surface area contributed by atoms with Crippen molar-refractivity contribution < 1.29 is 0 Å². The Balaban J connectivity index is 2.37. The fourth-order valence-corrected chi connectivity index (χ4v) is 2.51. The van der Waals surface area contributed by atoms with Crippen LogP contribution in [0.1, 0.15) is 30.6 Å². The van der Waals surface area contributed by atoms with E-state index in [2.05, 4.69) is 50.6 Å². The third-order valence-electron chi connectivity index (χ3n) is 2.83. The third kappa shape index (κ3) is 2.79. The van der Waals surface area contributed by atoms with E-state index in [-0.39, 0.29) is 6.04 Å². The molecular formula is C13H17BrN4. The summed E-state index contributed by atoms with van der Waals surface area (Å²) in [7, 11) is 1.91. The lowest BCUT2D eigenvalue weighted by Crippen LogP contribution is -2.25. The first-order valence-corrected chi connectivity index (χ1v) is 6.86. The minimum Gasteiger partial charge on any atom is -0.305 e. The summed E-state index contributed by atoms with van der Waals surface area (Å²) in [5, 5.41) is 11.6. The first-order valence-electron chi connectivity index (χ1n) is 6.07. The molecule has 0 amide bonds. The summed E-state index contributed by atoms with van der Waals surface area (Å²) in [6.07, 6.45) is 1.09. The predicted octanol–water partition coefficient (Wildman–Crippen LogP) is 2.67. The highest BCUT2D eigenvalue weighted by Crippen LogP contribution is 2.26. The fourth-order valence-electron chi connectivity index (χ4n) is 1.95. The fraction of sp³-hybridized carbons (Fsp3) is 0.385. The topological polar surface area (TPSA) is 42.7 Å². The van der Waals surface area contributed by atoms with Crippen molar-refractivity contribution in [1.82, 2.24) is 20.3 Å². The quantitative estimate of drug-likeness (QED) is 0.923. The smallest absolute Gasteiger partial charge is 0.153 e. The predicted molar refractivity (Wildman–Crippen MR) is 75.3 cm³/mol. The lowest BCUT2D eigenvalue weighted by Gasteiger charge is -2.19. The molecule has 4 nitrogen and oxygen atoms in total. The SMILES string of the molecule is CCCNC(c1ccccc1)c1c(Br)nnn1C. The number of aryl methyl sites for hydroxylation is 1. The molecule has 0 aliphatic heterocycles. The van der Waals surface area contributed by atoms with Crippen LogP contribution in [-0.4, -0.2) is 21.5 Å². The standard InChI is InChI=1S/C13H17BrN4/c1-3-9-15-11(10-7-5-4-6-8-10)12-13(14)16-17-18(12)2/h4-8,11,15H,3,9H2,1-2H3. The second-order valence-corrected chi connectivity index (χ2v) is 4.94. The van der Waals surface area contributed by atoms with Crippen molar-refractivity contribution in [3.8, 4) is 0 Å². The maximum absolute atomic E-state index is 4.06. The van der Waals surface area contributed by atoms with Crippen LogP contribution in [0.15, 0.2) is 34.9 Å². The minimum atomic E-state index is 0.112. The largest absolute Gasteiger partial charge is 0.305 e. The van der Waals surface area contributed by atoms with Crippen LogP contribution in [0, 0.1) is 0 Å². The highest BCUT2D eigenvalue weighted by molar-refractivity contribution is 9.10. The van der Waals surface area contributed by atoms with Gasteiger partial charge in [-0.05, 0) is 34.5 Å². The number of rotatable bonds is 5. The van der Waals surface area contributed by atoms with Gasteiger partial charge in [0.25, 0.3) is 0 Å². The minimum absolute atomic E-state index is 0.112. The monoisotopic (exact) mass is 308 g/mol. The van der Waals surface area contributed by atoms with Crippen LogP contribution in [-0.2, 0) is 7.05 Å². The summed E-state index contributed by atoms with van der Waals surface area (Å²) in [5.41, 5.74) is 2.27. The molecule has 1 unspecified atom stereocenters. The summed E-state index contributed by atoms with van der Waals surface area (Å²) in [6, 6.07) is 10.5. The molecule has 0 aliphatic carbocycles. The van der Waals surface area contributed by atoms with E-state index in [0.717, 1.165) is 23.3 Å². The molecule has 0 spiro atoms. The lowest BCUT2D eigenvalue weighted by molar-refractivity contribution is 0.549. The Bertz CT molecular complexity index is 475. The molecule has 1 aromatic carbocycles. The summed E-state index contributed by atoms with van der Waals surface area (Å²) >= 11 is 3.47. The molecule has 0 saturated heterocycles. The Morgan fingerprint density at radius 3 is 2.61 bits per heavy atom. The van der Waals surface area contributed by atoms with Crippen molar-refractivity contribution in [1.29, 1.82) is 0 Å². The van der Waals surface area contributed by atoms with Crippen molar-refractivity contribution in [3.63, 3.8) is 0 Å². The van der Waals surface area contributed by atoms with Gasteiger partial charge >= 0.3 is 0 Å². The van der Waals surface area contributed by atoms with E-state index in [4.69, 9.17) is 0 Å². The van der Waals surface area contributed by atoms with Crippen LogP contribution in [0.3, 0.4) is 0 Å². The Morgan fingerprint density at radius 2 is 2.06 bits per heavy atom. The Morgan fingerprint density at radius 1 is 1.33 bits per heavy atom.